The number of benzene rings is 1. The van der Waals surface area contributed by atoms with Gasteiger partial charge in [-0.15, -0.1) is 0 Å². The Balaban J connectivity index is 2.29. The summed E-state index contributed by atoms with van der Waals surface area (Å²) in [6.07, 6.45) is 0. The molecule has 0 aliphatic carbocycles. The zero-order valence-electron chi connectivity index (χ0n) is 11.5. The number of nitro groups is 1. The van der Waals surface area contributed by atoms with E-state index < -0.39 is 4.92 Å². The van der Waals surface area contributed by atoms with Gasteiger partial charge < -0.3 is 20.5 Å². The molecule has 0 amide bonds. The Morgan fingerprint density at radius 2 is 1.81 bits per heavy atom. The predicted molar refractivity (Wildman–Crippen MR) is 78.1 cm³/mol. The van der Waals surface area contributed by atoms with E-state index in [1.165, 1.54) is 12.1 Å². The quantitative estimate of drug-likeness (QED) is 0.641. The second-order valence-corrected chi connectivity index (χ2v) is 4.08. The number of ether oxygens (including phenoxy) is 2. The third-order valence-corrected chi connectivity index (χ3v) is 2.72. The number of hydrogen-bond donors (Lipinski definition) is 2. The first kappa shape index (κ1) is 14.4. The van der Waals surface area contributed by atoms with Gasteiger partial charge in [0, 0.05) is 30.0 Å². The molecule has 0 aliphatic heterocycles. The van der Waals surface area contributed by atoms with E-state index in [4.69, 9.17) is 15.2 Å². The van der Waals surface area contributed by atoms with E-state index in [2.05, 4.69) is 10.3 Å². The van der Waals surface area contributed by atoms with Crippen LogP contribution < -0.4 is 20.5 Å². The van der Waals surface area contributed by atoms with Crippen LogP contribution in [0.3, 0.4) is 0 Å². The summed E-state index contributed by atoms with van der Waals surface area (Å²) in [5, 5.41) is 13.7. The maximum absolute atomic E-state index is 10.7. The molecular weight excluding hydrogens is 276 g/mol. The molecule has 0 saturated heterocycles. The number of pyridine rings is 1. The highest BCUT2D eigenvalue weighted by molar-refractivity contribution is 5.65. The normalized spacial score (nSPS) is 10.0. The maximum Gasteiger partial charge on any atom is 0.311 e. The molecule has 0 radical (unpaired) electrons. The summed E-state index contributed by atoms with van der Waals surface area (Å²) in [6, 6.07) is 7.97. The first-order chi connectivity index (χ1) is 10.0. The Morgan fingerprint density at radius 3 is 2.29 bits per heavy atom. The van der Waals surface area contributed by atoms with Crippen LogP contribution in [0.2, 0.25) is 0 Å². The standard InChI is InChI=1S/C13H14N4O4/c1-20-9-5-8(6-10(7-9)21-2)15-12-4-3-11(17(18)19)13(14)16-12/h3-7H,1-2H3,(H3,14,15,16). The van der Waals surface area contributed by atoms with Crippen molar-refractivity contribution in [3.63, 3.8) is 0 Å². The van der Waals surface area contributed by atoms with Crippen molar-refractivity contribution in [1.29, 1.82) is 0 Å². The smallest absolute Gasteiger partial charge is 0.311 e. The summed E-state index contributed by atoms with van der Waals surface area (Å²) in [7, 11) is 3.08. The number of aromatic nitrogens is 1. The Hall–Kier alpha value is -3.03. The molecule has 1 heterocycles. The number of hydrogen-bond acceptors (Lipinski definition) is 7. The van der Waals surface area contributed by atoms with Crippen molar-refractivity contribution < 1.29 is 14.4 Å². The summed E-state index contributed by atoms with van der Waals surface area (Å²) in [5.41, 5.74) is 5.97. The Labute approximate surface area is 120 Å². The average Bonchev–Trinajstić information content (AvgIpc) is 2.46. The average molecular weight is 290 g/mol. The van der Waals surface area contributed by atoms with Crippen LogP contribution in [-0.4, -0.2) is 24.1 Å². The lowest BCUT2D eigenvalue weighted by molar-refractivity contribution is -0.384. The van der Waals surface area contributed by atoms with Crippen LogP contribution in [0, 0.1) is 10.1 Å². The van der Waals surface area contributed by atoms with Crippen LogP contribution in [0.15, 0.2) is 30.3 Å². The molecule has 0 bridgehead atoms. The van der Waals surface area contributed by atoms with Gasteiger partial charge in [-0.05, 0) is 6.07 Å². The summed E-state index contributed by atoms with van der Waals surface area (Å²) in [5.74, 6) is 1.44. The zero-order valence-corrected chi connectivity index (χ0v) is 11.5. The Bertz CT molecular complexity index is 653. The minimum absolute atomic E-state index is 0.153. The number of methoxy groups -OCH3 is 2. The molecule has 110 valence electrons. The molecule has 3 N–H and O–H groups in total. The molecule has 1 aromatic carbocycles. The number of nitrogens with two attached hydrogens (primary N) is 1. The molecule has 1 aromatic heterocycles. The van der Waals surface area contributed by atoms with Gasteiger partial charge >= 0.3 is 5.69 Å². The zero-order chi connectivity index (χ0) is 15.4. The molecule has 0 atom stereocenters. The van der Waals surface area contributed by atoms with Crippen molar-refractivity contribution in [2.45, 2.75) is 0 Å². The lowest BCUT2D eigenvalue weighted by Crippen LogP contribution is -2.01. The van der Waals surface area contributed by atoms with Gasteiger partial charge in [0.1, 0.15) is 17.3 Å². The SMILES string of the molecule is COc1cc(Nc2ccc([N+](=O)[O-])c(N)n2)cc(OC)c1. The lowest BCUT2D eigenvalue weighted by atomic mass is 10.2. The van der Waals surface area contributed by atoms with Crippen LogP contribution in [0.25, 0.3) is 0 Å². The van der Waals surface area contributed by atoms with Crippen LogP contribution in [0.5, 0.6) is 11.5 Å². The summed E-state index contributed by atoms with van der Waals surface area (Å²) >= 11 is 0. The van der Waals surface area contributed by atoms with Gasteiger partial charge in [-0.1, -0.05) is 0 Å². The Morgan fingerprint density at radius 1 is 1.19 bits per heavy atom. The van der Waals surface area contributed by atoms with Crippen LogP contribution in [-0.2, 0) is 0 Å². The van der Waals surface area contributed by atoms with Crippen molar-refractivity contribution in [2.24, 2.45) is 0 Å². The molecule has 8 nitrogen and oxygen atoms in total. The van der Waals surface area contributed by atoms with Crippen molar-refractivity contribution in [3.8, 4) is 11.5 Å². The van der Waals surface area contributed by atoms with Crippen molar-refractivity contribution in [1.82, 2.24) is 4.98 Å². The molecule has 2 rings (SSSR count). The monoisotopic (exact) mass is 290 g/mol. The van der Waals surface area contributed by atoms with Gasteiger partial charge in [0.25, 0.3) is 0 Å². The maximum atomic E-state index is 10.7. The number of nitrogens with zero attached hydrogens (tertiary/aromatic N) is 2. The van der Waals surface area contributed by atoms with E-state index in [9.17, 15) is 10.1 Å². The van der Waals surface area contributed by atoms with E-state index in [1.54, 1.807) is 32.4 Å². The molecule has 21 heavy (non-hydrogen) atoms. The molecule has 2 aromatic rings. The van der Waals surface area contributed by atoms with Crippen LogP contribution in [0.4, 0.5) is 23.0 Å². The highest BCUT2D eigenvalue weighted by Gasteiger charge is 2.13. The summed E-state index contributed by atoms with van der Waals surface area (Å²) < 4.78 is 10.3. The number of nitrogen functional groups attached to an aromatic ring is 1. The van der Waals surface area contributed by atoms with Crippen molar-refractivity contribution >= 4 is 23.0 Å². The molecule has 0 unspecified atom stereocenters. The Kier molecular flexibility index (Phi) is 4.07. The van der Waals surface area contributed by atoms with E-state index in [1.807, 2.05) is 0 Å². The van der Waals surface area contributed by atoms with Gasteiger partial charge in [0.2, 0.25) is 5.82 Å². The number of rotatable bonds is 5. The fraction of sp³-hybridized carbons (Fsp3) is 0.154. The summed E-state index contributed by atoms with van der Waals surface area (Å²) in [6.45, 7) is 0. The molecule has 0 aliphatic rings. The van der Waals surface area contributed by atoms with Crippen molar-refractivity contribution in [3.05, 3.63) is 40.4 Å². The minimum atomic E-state index is -0.583. The second kappa shape index (κ2) is 5.95. The van der Waals surface area contributed by atoms with E-state index in [-0.39, 0.29) is 11.5 Å². The molecule has 0 spiro atoms. The van der Waals surface area contributed by atoms with Gasteiger partial charge in [-0.2, -0.15) is 0 Å². The van der Waals surface area contributed by atoms with Gasteiger partial charge in [-0.25, -0.2) is 4.98 Å². The van der Waals surface area contributed by atoms with Gasteiger partial charge in [-0.3, -0.25) is 10.1 Å². The van der Waals surface area contributed by atoms with E-state index in [0.29, 0.717) is 23.0 Å². The predicted octanol–water partition coefficient (Wildman–Crippen LogP) is 2.33. The fourth-order valence-electron chi connectivity index (χ4n) is 1.72. The molecular formula is C13H14N4O4. The molecule has 8 heteroatoms. The van der Waals surface area contributed by atoms with Crippen molar-refractivity contribution in [2.75, 3.05) is 25.3 Å². The lowest BCUT2D eigenvalue weighted by Gasteiger charge is -2.10. The third kappa shape index (κ3) is 3.30. The largest absolute Gasteiger partial charge is 0.497 e. The third-order valence-electron chi connectivity index (χ3n) is 2.72. The van der Waals surface area contributed by atoms with Crippen LogP contribution >= 0.6 is 0 Å². The first-order valence-corrected chi connectivity index (χ1v) is 5.94. The minimum Gasteiger partial charge on any atom is -0.497 e. The topological polar surface area (TPSA) is 113 Å². The summed E-state index contributed by atoms with van der Waals surface area (Å²) in [4.78, 5) is 14.1. The molecule has 0 fully saturated rings. The van der Waals surface area contributed by atoms with Crippen LogP contribution in [0.1, 0.15) is 0 Å². The number of anilines is 3. The van der Waals surface area contributed by atoms with Gasteiger partial charge in [0.05, 0.1) is 19.1 Å². The number of nitrogens with one attached hydrogen (secondary N) is 1. The highest BCUT2D eigenvalue weighted by atomic mass is 16.6. The fourth-order valence-corrected chi connectivity index (χ4v) is 1.72. The highest BCUT2D eigenvalue weighted by Crippen LogP contribution is 2.28. The van der Waals surface area contributed by atoms with E-state index in [0.717, 1.165) is 0 Å². The van der Waals surface area contributed by atoms with Gasteiger partial charge in [0.15, 0.2) is 0 Å². The first-order valence-electron chi connectivity index (χ1n) is 5.94. The molecule has 0 saturated carbocycles. The second-order valence-electron chi connectivity index (χ2n) is 4.08. The van der Waals surface area contributed by atoms with E-state index >= 15 is 0 Å².